The topological polar surface area (TPSA) is 48.0 Å². The Bertz CT molecular complexity index is 584. The number of esters is 1. The number of likely N-dealkylation sites (tertiary alicyclic amines) is 1. The molecule has 2 aliphatic heterocycles. The molecule has 0 bridgehead atoms. The number of hydrogen-bond acceptors (Lipinski definition) is 5. The second kappa shape index (κ2) is 6.47. The highest BCUT2D eigenvalue weighted by molar-refractivity contribution is 5.76. The van der Waals surface area contributed by atoms with E-state index in [0.29, 0.717) is 25.2 Å². The Balaban J connectivity index is 1.59. The van der Waals surface area contributed by atoms with E-state index in [1.807, 2.05) is 18.2 Å². The fourth-order valence-electron chi connectivity index (χ4n) is 4.65. The van der Waals surface area contributed by atoms with Crippen LogP contribution in [0.25, 0.3) is 0 Å². The first-order valence-electron chi connectivity index (χ1n) is 8.86. The second-order valence-corrected chi connectivity index (χ2v) is 7.11. The van der Waals surface area contributed by atoms with Gasteiger partial charge in [-0.15, -0.1) is 0 Å². The fourth-order valence-corrected chi connectivity index (χ4v) is 4.65. The molecule has 2 saturated heterocycles. The summed E-state index contributed by atoms with van der Waals surface area (Å²) in [6, 6.07) is 10.5. The van der Waals surface area contributed by atoms with Gasteiger partial charge in [-0.2, -0.15) is 0 Å². The first-order chi connectivity index (χ1) is 11.7. The Morgan fingerprint density at radius 3 is 2.75 bits per heavy atom. The largest absolute Gasteiger partial charge is 0.468 e. The van der Waals surface area contributed by atoms with E-state index < -0.39 is 5.79 Å². The van der Waals surface area contributed by atoms with Crippen LogP contribution >= 0.6 is 0 Å². The minimum absolute atomic E-state index is 0.123. The van der Waals surface area contributed by atoms with Crippen molar-refractivity contribution < 1.29 is 19.0 Å². The molecule has 2 heterocycles. The molecule has 3 atom stereocenters. The van der Waals surface area contributed by atoms with Gasteiger partial charge in [-0.05, 0) is 24.3 Å². The molecule has 0 unspecified atom stereocenters. The summed E-state index contributed by atoms with van der Waals surface area (Å²) in [5.74, 6) is -0.0416. The highest BCUT2D eigenvalue weighted by Crippen LogP contribution is 2.47. The number of hydrogen-bond donors (Lipinski definition) is 0. The van der Waals surface area contributed by atoms with Gasteiger partial charge in [0.25, 0.3) is 0 Å². The molecule has 1 spiro atoms. The van der Waals surface area contributed by atoms with E-state index in [0.717, 1.165) is 32.2 Å². The van der Waals surface area contributed by atoms with Crippen LogP contribution in [0.4, 0.5) is 0 Å². The minimum atomic E-state index is -0.429. The minimum Gasteiger partial charge on any atom is -0.468 e. The molecule has 1 aliphatic carbocycles. The van der Waals surface area contributed by atoms with Crippen LogP contribution < -0.4 is 0 Å². The third kappa shape index (κ3) is 2.85. The van der Waals surface area contributed by atoms with Gasteiger partial charge in [-0.25, -0.2) is 0 Å². The summed E-state index contributed by atoms with van der Waals surface area (Å²) in [6.45, 7) is 2.12. The summed E-state index contributed by atoms with van der Waals surface area (Å²) in [7, 11) is 1.48. The molecule has 0 amide bonds. The van der Waals surface area contributed by atoms with Gasteiger partial charge in [0.15, 0.2) is 5.79 Å². The van der Waals surface area contributed by atoms with Crippen LogP contribution in [0.1, 0.15) is 31.2 Å². The van der Waals surface area contributed by atoms with Crippen LogP contribution in [-0.4, -0.2) is 49.1 Å². The summed E-state index contributed by atoms with van der Waals surface area (Å²) < 4.78 is 17.0. The molecule has 5 nitrogen and oxygen atoms in total. The zero-order valence-corrected chi connectivity index (χ0v) is 14.1. The van der Waals surface area contributed by atoms with E-state index in [4.69, 9.17) is 14.2 Å². The molecule has 0 aromatic heterocycles. The number of nitrogens with zero attached hydrogens (tertiary/aromatic N) is 1. The molecule has 3 aliphatic rings. The van der Waals surface area contributed by atoms with Crippen LogP contribution in [0.3, 0.4) is 0 Å². The Labute approximate surface area is 142 Å². The number of carbonyl (C=O) groups is 1. The van der Waals surface area contributed by atoms with Gasteiger partial charge in [0.1, 0.15) is 6.04 Å². The summed E-state index contributed by atoms with van der Waals surface area (Å²) in [5, 5.41) is 0. The van der Waals surface area contributed by atoms with E-state index in [2.05, 4.69) is 17.0 Å². The molecular weight excluding hydrogens is 306 g/mol. The zero-order chi connectivity index (χ0) is 16.6. The number of benzene rings is 1. The number of carbonyl (C=O) groups excluding carboxylic acids is 1. The van der Waals surface area contributed by atoms with Crippen molar-refractivity contribution >= 4 is 5.97 Å². The Kier molecular flexibility index (Phi) is 4.33. The second-order valence-electron chi connectivity index (χ2n) is 7.11. The lowest BCUT2D eigenvalue weighted by atomic mass is 9.81. The van der Waals surface area contributed by atoms with Gasteiger partial charge in [-0.3, -0.25) is 9.69 Å². The van der Waals surface area contributed by atoms with E-state index in [1.165, 1.54) is 12.7 Å². The lowest BCUT2D eigenvalue weighted by Gasteiger charge is -2.41. The molecule has 0 N–H and O–H groups in total. The van der Waals surface area contributed by atoms with E-state index in [-0.39, 0.29) is 12.0 Å². The number of ether oxygens (including phenoxy) is 3. The van der Waals surface area contributed by atoms with Crippen LogP contribution in [0.15, 0.2) is 30.3 Å². The summed E-state index contributed by atoms with van der Waals surface area (Å²) in [4.78, 5) is 14.7. The molecule has 130 valence electrons. The van der Waals surface area contributed by atoms with Crippen LogP contribution in [0.2, 0.25) is 0 Å². The smallest absolute Gasteiger partial charge is 0.323 e. The van der Waals surface area contributed by atoms with Crippen molar-refractivity contribution in [2.75, 3.05) is 20.3 Å². The average molecular weight is 331 g/mol. The van der Waals surface area contributed by atoms with Gasteiger partial charge in [0, 0.05) is 25.4 Å². The molecule has 1 aromatic carbocycles. The molecule has 1 aromatic rings. The van der Waals surface area contributed by atoms with Gasteiger partial charge in [0.05, 0.1) is 20.3 Å². The SMILES string of the molecule is COC(=O)[C@@H]1C[C@H]2CCC3(C[C@H]2N1Cc1ccccc1)OCCO3. The van der Waals surface area contributed by atoms with Gasteiger partial charge >= 0.3 is 5.97 Å². The first-order valence-corrected chi connectivity index (χ1v) is 8.86. The first kappa shape index (κ1) is 16.1. The molecule has 4 rings (SSSR count). The predicted molar refractivity (Wildman–Crippen MR) is 88.2 cm³/mol. The van der Waals surface area contributed by atoms with Crippen molar-refractivity contribution in [1.82, 2.24) is 4.90 Å². The van der Waals surface area contributed by atoms with Crippen LogP contribution in [-0.2, 0) is 25.5 Å². The molecule has 24 heavy (non-hydrogen) atoms. The summed E-state index contributed by atoms with van der Waals surface area (Å²) in [6.07, 6.45) is 3.70. The Morgan fingerprint density at radius 1 is 1.29 bits per heavy atom. The standard InChI is InChI=1S/C19H25NO4/c1-22-18(21)16-11-15-7-8-19(23-9-10-24-19)12-17(15)20(16)13-14-5-3-2-4-6-14/h2-6,15-17H,7-13H2,1H3/t15-,16+,17-/m1/s1. The lowest BCUT2D eigenvalue weighted by molar-refractivity contribution is -0.193. The Morgan fingerprint density at radius 2 is 2.04 bits per heavy atom. The van der Waals surface area contributed by atoms with Crippen molar-refractivity contribution in [3.63, 3.8) is 0 Å². The van der Waals surface area contributed by atoms with Crippen molar-refractivity contribution in [3.05, 3.63) is 35.9 Å². The maximum absolute atomic E-state index is 12.3. The molecule has 5 heteroatoms. The summed E-state index contributed by atoms with van der Waals surface area (Å²) >= 11 is 0. The average Bonchev–Trinajstić information content (AvgIpc) is 3.21. The van der Waals surface area contributed by atoms with Crippen LogP contribution in [0, 0.1) is 5.92 Å². The molecule has 0 radical (unpaired) electrons. The molecule has 1 saturated carbocycles. The predicted octanol–water partition coefficient (Wildman–Crippen LogP) is 2.35. The number of fused-ring (bicyclic) bond motifs is 1. The van der Waals surface area contributed by atoms with Gasteiger partial charge in [-0.1, -0.05) is 30.3 Å². The maximum atomic E-state index is 12.3. The third-order valence-corrected chi connectivity index (χ3v) is 5.81. The molecular formula is C19H25NO4. The maximum Gasteiger partial charge on any atom is 0.323 e. The number of methoxy groups -OCH3 is 1. The lowest BCUT2D eigenvalue weighted by Crippen LogP contribution is -2.48. The molecule has 3 fully saturated rings. The van der Waals surface area contributed by atoms with Crippen molar-refractivity contribution in [1.29, 1.82) is 0 Å². The van der Waals surface area contributed by atoms with E-state index >= 15 is 0 Å². The van der Waals surface area contributed by atoms with Crippen molar-refractivity contribution in [2.24, 2.45) is 5.92 Å². The third-order valence-electron chi connectivity index (χ3n) is 5.81. The normalized spacial score (nSPS) is 32.0. The number of rotatable bonds is 3. The quantitative estimate of drug-likeness (QED) is 0.796. The Hall–Kier alpha value is -1.43. The van der Waals surface area contributed by atoms with Gasteiger partial charge in [0.2, 0.25) is 0 Å². The fraction of sp³-hybridized carbons (Fsp3) is 0.632. The zero-order valence-electron chi connectivity index (χ0n) is 14.1. The van der Waals surface area contributed by atoms with E-state index in [1.54, 1.807) is 0 Å². The van der Waals surface area contributed by atoms with E-state index in [9.17, 15) is 4.79 Å². The monoisotopic (exact) mass is 331 g/mol. The van der Waals surface area contributed by atoms with Gasteiger partial charge < -0.3 is 14.2 Å². The van der Waals surface area contributed by atoms with Crippen molar-refractivity contribution in [2.45, 2.75) is 50.1 Å². The van der Waals surface area contributed by atoms with Crippen molar-refractivity contribution in [3.8, 4) is 0 Å². The van der Waals surface area contributed by atoms with Crippen LogP contribution in [0.5, 0.6) is 0 Å². The highest BCUT2D eigenvalue weighted by Gasteiger charge is 2.53. The summed E-state index contributed by atoms with van der Waals surface area (Å²) in [5.41, 5.74) is 1.22. The highest BCUT2D eigenvalue weighted by atomic mass is 16.7.